The summed E-state index contributed by atoms with van der Waals surface area (Å²) in [5.74, 6) is -1.48. The van der Waals surface area contributed by atoms with Crippen molar-refractivity contribution < 1.29 is 23.4 Å². The summed E-state index contributed by atoms with van der Waals surface area (Å²) in [7, 11) is -3.75. The monoisotopic (exact) mass is 329 g/mol. The predicted molar refractivity (Wildman–Crippen MR) is 60.9 cm³/mol. The average molecular weight is 330 g/mol. The average Bonchev–Trinajstić information content (AvgIpc) is 2.61. The molecule has 0 saturated heterocycles. The van der Waals surface area contributed by atoms with Crippen molar-refractivity contribution in [3.8, 4) is 0 Å². The SMILES string of the molecule is O=C(O)C(O)CNS(=O)(=O)c1ccc(Br)s1. The molecule has 90 valence electrons. The smallest absolute Gasteiger partial charge is 0.333 e. The van der Waals surface area contributed by atoms with Crippen LogP contribution < -0.4 is 4.72 Å². The lowest BCUT2D eigenvalue weighted by atomic mass is 10.4. The maximum Gasteiger partial charge on any atom is 0.333 e. The molecule has 0 bridgehead atoms. The summed E-state index contributed by atoms with van der Waals surface area (Å²) in [6.45, 7) is -0.562. The highest BCUT2D eigenvalue weighted by Crippen LogP contribution is 2.25. The first-order chi connectivity index (χ1) is 7.33. The first-order valence-corrected chi connectivity index (χ1v) is 7.08. The minimum absolute atomic E-state index is 0.0527. The van der Waals surface area contributed by atoms with Crippen LogP contribution in [0, 0.1) is 0 Å². The molecule has 0 aliphatic heterocycles. The molecular formula is C7H8BrNO5S2. The van der Waals surface area contributed by atoms with Crippen molar-refractivity contribution in [1.29, 1.82) is 0 Å². The van der Waals surface area contributed by atoms with Gasteiger partial charge in [-0.15, -0.1) is 11.3 Å². The van der Waals surface area contributed by atoms with Crippen LogP contribution in [0.15, 0.2) is 20.1 Å². The molecule has 0 aliphatic rings. The molecular weight excluding hydrogens is 322 g/mol. The van der Waals surface area contributed by atoms with Gasteiger partial charge >= 0.3 is 5.97 Å². The van der Waals surface area contributed by atoms with Gasteiger partial charge < -0.3 is 10.2 Å². The van der Waals surface area contributed by atoms with Gasteiger partial charge in [-0.2, -0.15) is 0 Å². The molecule has 9 heteroatoms. The fourth-order valence-electron chi connectivity index (χ4n) is 0.789. The first kappa shape index (κ1) is 13.6. The fraction of sp³-hybridized carbons (Fsp3) is 0.286. The quantitative estimate of drug-likeness (QED) is 0.717. The second kappa shape index (κ2) is 5.23. The molecule has 1 aromatic heterocycles. The predicted octanol–water partition coefficient (Wildman–Crippen LogP) is 0.234. The molecule has 0 radical (unpaired) electrons. The van der Waals surface area contributed by atoms with E-state index in [4.69, 9.17) is 10.2 Å². The zero-order valence-corrected chi connectivity index (χ0v) is 11.0. The van der Waals surface area contributed by atoms with E-state index < -0.39 is 28.6 Å². The molecule has 0 saturated carbocycles. The van der Waals surface area contributed by atoms with Gasteiger partial charge in [0.25, 0.3) is 0 Å². The van der Waals surface area contributed by atoms with Gasteiger partial charge in [0.15, 0.2) is 6.10 Å². The van der Waals surface area contributed by atoms with Gasteiger partial charge in [0.05, 0.1) is 3.79 Å². The number of aliphatic hydroxyl groups excluding tert-OH is 1. The summed E-state index contributed by atoms with van der Waals surface area (Å²) in [4.78, 5) is 10.3. The lowest BCUT2D eigenvalue weighted by molar-refractivity contribution is -0.146. The number of sulfonamides is 1. The van der Waals surface area contributed by atoms with Gasteiger partial charge in [-0.25, -0.2) is 17.9 Å². The van der Waals surface area contributed by atoms with E-state index >= 15 is 0 Å². The Balaban J connectivity index is 2.70. The number of carbonyl (C=O) groups is 1. The number of hydrogen-bond acceptors (Lipinski definition) is 5. The Kier molecular flexibility index (Phi) is 4.44. The molecule has 1 aromatic rings. The molecule has 0 fully saturated rings. The summed E-state index contributed by atoms with van der Waals surface area (Å²) >= 11 is 4.10. The Bertz CT molecular complexity index is 483. The van der Waals surface area contributed by atoms with Gasteiger partial charge in [-0.1, -0.05) is 0 Å². The summed E-state index contributed by atoms with van der Waals surface area (Å²) < 4.78 is 25.8. The molecule has 1 atom stereocenters. The Morgan fingerprint density at radius 3 is 2.62 bits per heavy atom. The normalized spacial score (nSPS) is 13.6. The standard InChI is InChI=1S/C7H8BrNO5S2/c8-5-1-2-6(15-5)16(13,14)9-3-4(10)7(11)12/h1-2,4,9-10H,3H2,(H,11,12). The minimum Gasteiger partial charge on any atom is -0.479 e. The summed E-state index contributed by atoms with van der Waals surface area (Å²) in [6.07, 6.45) is -1.75. The van der Waals surface area contributed by atoms with E-state index in [-0.39, 0.29) is 4.21 Å². The highest BCUT2D eigenvalue weighted by Gasteiger charge is 2.20. The Labute approximate surface area is 104 Å². The minimum atomic E-state index is -3.75. The zero-order valence-electron chi connectivity index (χ0n) is 7.75. The number of thiophene rings is 1. The number of halogens is 1. The van der Waals surface area contributed by atoms with Crippen molar-refractivity contribution >= 4 is 43.3 Å². The zero-order chi connectivity index (χ0) is 12.3. The molecule has 16 heavy (non-hydrogen) atoms. The van der Waals surface area contributed by atoms with Crippen LogP contribution in [0.4, 0.5) is 0 Å². The maximum atomic E-state index is 11.5. The van der Waals surface area contributed by atoms with E-state index in [9.17, 15) is 13.2 Å². The van der Waals surface area contributed by atoms with Gasteiger partial charge in [-0.3, -0.25) is 0 Å². The van der Waals surface area contributed by atoms with Crippen molar-refractivity contribution in [2.24, 2.45) is 0 Å². The molecule has 1 heterocycles. The van der Waals surface area contributed by atoms with Crippen LogP contribution in [-0.4, -0.2) is 37.2 Å². The van der Waals surface area contributed by atoms with Crippen molar-refractivity contribution in [2.75, 3.05) is 6.54 Å². The molecule has 1 rings (SSSR count). The van der Waals surface area contributed by atoms with E-state index in [1.807, 2.05) is 4.72 Å². The summed E-state index contributed by atoms with van der Waals surface area (Å²) in [5.41, 5.74) is 0. The van der Waals surface area contributed by atoms with Gasteiger partial charge in [0.1, 0.15) is 4.21 Å². The highest BCUT2D eigenvalue weighted by molar-refractivity contribution is 9.11. The van der Waals surface area contributed by atoms with Crippen molar-refractivity contribution in [3.63, 3.8) is 0 Å². The van der Waals surface area contributed by atoms with Crippen LogP contribution in [-0.2, 0) is 14.8 Å². The number of carboxylic acids is 1. The fourth-order valence-corrected chi connectivity index (χ4v) is 3.88. The van der Waals surface area contributed by atoms with Crippen molar-refractivity contribution in [1.82, 2.24) is 4.72 Å². The van der Waals surface area contributed by atoms with Gasteiger partial charge in [0, 0.05) is 6.54 Å². The number of hydrogen-bond donors (Lipinski definition) is 3. The third kappa shape index (κ3) is 3.52. The molecule has 0 aromatic carbocycles. The second-order valence-corrected chi connectivity index (χ2v) is 7.22. The highest BCUT2D eigenvalue weighted by atomic mass is 79.9. The summed E-state index contributed by atoms with van der Waals surface area (Å²) in [6, 6.07) is 2.94. The van der Waals surface area contributed by atoms with Crippen molar-refractivity contribution in [2.45, 2.75) is 10.3 Å². The largest absolute Gasteiger partial charge is 0.479 e. The number of rotatable bonds is 5. The van der Waals surface area contributed by atoms with Gasteiger partial charge in [0.2, 0.25) is 10.0 Å². The lowest BCUT2D eigenvalue weighted by Crippen LogP contribution is -2.36. The van der Waals surface area contributed by atoms with Crippen LogP contribution in [0.5, 0.6) is 0 Å². The molecule has 6 nitrogen and oxygen atoms in total. The van der Waals surface area contributed by atoms with Crippen molar-refractivity contribution in [3.05, 3.63) is 15.9 Å². The van der Waals surface area contributed by atoms with Crippen LogP contribution >= 0.6 is 27.3 Å². The first-order valence-electron chi connectivity index (χ1n) is 3.99. The molecule has 3 N–H and O–H groups in total. The van der Waals surface area contributed by atoms with Crippen LogP contribution in [0.2, 0.25) is 0 Å². The van der Waals surface area contributed by atoms with Crippen LogP contribution in [0.25, 0.3) is 0 Å². The molecule has 0 amide bonds. The van der Waals surface area contributed by atoms with E-state index in [1.54, 1.807) is 6.07 Å². The molecule has 0 spiro atoms. The molecule has 0 aliphatic carbocycles. The van der Waals surface area contributed by atoms with E-state index in [1.165, 1.54) is 6.07 Å². The number of aliphatic hydroxyl groups is 1. The Morgan fingerprint density at radius 2 is 2.19 bits per heavy atom. The Hall–Kier alpha value is -0.480. The third-order valence-corrected chi connectivity index (χ3v) is 5.10. The van der Waals surface area contributed by atoms with Gasteiger partial charge in [-0.05, 0) is 28.1 Å². The van der Waals surface area contributed by atoms with Crippen LogP contribution in [0.1, 0.15) is 0 Å². The topological polar surface area (TPSA) is 104 Å². The summed E-state index contributed by atoms with van der Waals surface area (Å²) in [5, 5.41) is 17.3. The van der Waals surface area contributed by atoms with E-state index in [0.29, 0.717) is 3.79 Å². The van der Waals surface area contributed by atoms with E-state index in [2.05, 4.69) is 15.9 Å². The number of carboxylic acid groups (broad SMARTS) is 1. The van der Waals surface area contributed by atoms with E-state index in [0.717, 1.165) is 11.3 Å². The van der Waals surface area contributed by atoms with Crippen LogP contribution in [0.3, 0.4) is 0 Å². The second-order valence-electron chi connectivity index (χ2n) is 2.76. The maximum absolute atomic E-state index is 11.5. The number of nitrogens with one attached hydrogen (secondary N) is 1. The Morgan fingerprint density at radius 1 is 1.56 bits per heavy atom. The number of aliphatic carboxylic acids is 1. The third-order valence-electron chi connectivity index (χ3n) is 1.57. The molecule has 1 unspecified atom stereocenters. The lowest BCUT2D eigenvalue weighted by Gasteiger charge is -2.06.